The Morgan fingerprint density at radius 2 is 2.06 bits per heavy atom. The van der Waals surface area contributed by atoms with Gasteiger partial charge in [-0.1, -0.05) is 18.2 Å². The van der Waals surface area contributed by atoms with Gasteiger partial charge in [0.2, 0.25) is 0 Å². The molecule has 0 aliphatic rings. The van der Waals surface area contributed by atoms with Gasteiger partial charge in [-0.05, 0) is 35.4 Å². The van der Waals surface area contributed by atoms with Crippen LogP contribution in [0.2, 0.25) is 5.15 Å². The highest BCUT2D eigenvalue weighted by Crippen LogP contribution is 2.25. The molecule has 0 fully saturated rings. The van der Waals surface area contributed by atoms with E-state index in [0.717, 1.165) is 16.7 Å². The maximum absolute atomic E-state index is 5.82. The quantitative estimate of drug-likeness (QED) is 0.809. The zero-order valence-corrected chi connectivity index (χ0v) is 9.28. The minimum absolute atomic E-state index is 0.432. The number of hydrogen-bond donors (Lipinski definition) is 1. The second-order valence-corrected chi connectivity index (χ2v) is 3.67. The van der Waals surface area contributed by atoms with Crippen molar-refractivity contribution in [2.45, 2.75) is 0 Å². The smallest absolute Gasteiger partial charge is 0.131 e. The molecule has 2 aromatic rings. The van der Waals surface area contributed by atoms with Crippen molar-refractivity contribution in [1.29, 1.82) is 0 Å². The van der Waals surface area contributed by atoms with Crippen LogP contribution in [0.15, 0.2) is 43.2 Å². The second kappa shape index (κ2) is 4.33. The van der Waals surface area contributed by atoms with Gasteiger partial charge in [0.15, 0.2) is 0 Å². The Balaban J connectivity index is 2.44. The highest BCUT2D eigenvalue weighted by atomic mass is 35.5. The van der Waals surface area contributed by atoms with Gasteiger partial charge in [0.25, 0.3) is 0 Å². The van der Waals surface area contributed by atoms with E-state index >= 15 is 0 Å². The summed E-state index contributed by atoms with van der Waals surface area (Å²) in [7, 11) is 0. The van der Waals surface area contributed by atoms with E-state index in [1.165, 1.54) is 0 Å². The van der Waals surface area contributed by atoms with Crippen LogP contribution in [0.1, 0.15) is 11.1 Å². The van der Waals surface area contributed by atoms with E-state index in [1.54, 1.807) is 18.5 Å². The van der Waals surface area contributed by atoms with Crippen LogP contribution in [0.4, 0.5) is 5.82 Å². The van der Waals surface area contributed by atoms with Crippen molar-refractivity contribution in [3.63, 3.8) is 0 Å². The topological polar surface area (TPSA) is 51.8 Å². The minimum Gasteiger partial charge on any atom is -0.383 e. The Hall–Kier alpha value is -1.87. The van der Waals surface area contributed by atoms with E-state index in [4.69, 9.17) is 17.3 Å². The average Bonchev–Trinajstić information content (AvgIpc) is 2.29. The SMILES string of the molecule is C=C(c1ccnc(Cl)c1)c1cccnc1N. The van der Waals surface area contributed by atoms with Gasteiger partial charge < -0.3 is 5.73 Å². The summed E-state index contributed by atoms with van der Waals surface area (Å²) in [6, 6.07) is 7.27. The molecule has 0 atom stereocenters. The highest BCUT2D eigenvalue weighted by Gasteiger charge is 2.06. The predicted molar refractivity (Wildman–Crippen MR) is 66.0 cm³/mol. The van der Waals surface area contributed by atoms with E-state index in [2.05, 4.69) is 16.5 Å². The molecule has 0 saturated carbocycles. The molecule has 2 rings (SSSR count). The summed E-state index contributed by atoms with van der Waals surface area (Å²) >= 11 is 5.82. The first kappa shape index (κ1) is 10.6. The molecule has 0 amide bonds. The summed E-state index contributed by atoms with van der Waals surface area (Å²) in [4.78, 5) is 7.93. The third-order valence-electron chi connectivity index (χ3n) is 2.24. The third-order valence-corrected chi connectivity index (χ3v) is 2.45. The Labute approximate surface area is 98.6 Å². The van der Waals surface area contributed by atoms with Crippen LogP contribution in [0, 0.1) is 0 Å². The zero-order valence-electron chi connectivity index (χ0n) is 8.52. The first-order valence-corrected chi connectivity index (χ1v) is 5.08. The van der Waals surface area contributed by atoms with Crippen molar-refractivity contribution >= 4 is 23.0 Å². The van der Waals surface area contributed by atoms with Crippen molar-refractivity contribution in [2.75, 3.05) is 5.73 Å². The standard InChI is InChI=1S/C12H10ClN3/c1-8(9-4-6-15-11(13)7-9)10-3-2-5-16-12(10)14/h2-7H,1H2,(H2,14,16). The van der Waals surface area contributed by atoms with Crippen LogP contribution in [-0.4, -0.2) is 9.97 Å². The Bertz CT molecular complexity index is 537. The monoisotopic (exact) mass is 231 g/mol. The molecule has 80 valence electrons. The van der Waals surface area contributed by atoms with Crippen LogP contribution < -0.4 is 5.73 Å². The molecule has 0 aliphatic carbocycles. The van der Waals surface area contributed by atoms with E-state index in [9.17, 15) is 0 Å². The normalized spacial score (nSPS) is 10.1. The van der Waals surface area contributed by atoms with Crippen LogP contribution in [0.25, 0.3) is 5.57 Å². The number of anilines is 1. The van der Waals surface area contributed by atoms with Gasteiger partial charge >= 0.3 is 0 Å². The van der Waals surface area contributed by atoms with Crippen LogP contribution in [0.3, 0.4) is 0 Å². The van der Waals surface area contributed by atoms with Crippen LogP contribution >= 0.6 is 11.6 Å². The lowest BCUT2D eigenvalue weighted by atomic mass is 10.0. The van der Waals surface area contributed by atoms with Crippen molar-refractivity contribution in [3.05, 3.63) is 59.5 Å². The molecule has 0 aliphatic heterocycles. The Morgan fingerprint density at radius 1 is 1.25 bits per heavy atom. The number of nitrogens with two attached hydrogens (primary N) is 1. The van der Waals surface area contributed by atoms with Gasteiger partial charge in [-0.25, -0.2) is 9.97 Å². The highest BCUT2D eigenvalue weighted by molar-refractivity contribution is 6.29. The number of pyridine rings is 2. The average molecular weight is 232 g/mol. The van der Waals surface area contributed by atoms with E-state index in [-0.39, 0.29) is 0 Å². The number of halogens is 1. The fourth-order valence-electron chi connectivity index (χ4n) is 1.42. The fourth-order valence-corrected chi connectivity index (χ4v) is 1.59. The molecule has 3 nitrogen and oxygen atoms in total. The molecule has 16 heavy (non-hydrogen) atoms. The summed E-state index contributed by atoms with van der Waals surface area (Å²) in [5.41, 5.74) is 8.26. The Kier molecular flexibility index (Phi) is 2.88. The zero-order chi connectivity index (χ0) is 11.5. The summed E-state index contributed by atoms with van der Waals surface area (Å²) < 4.78 is 0. The lowest BCUT2D eigenvalue weighted by molar-refractivity contribution is 1.30. The van der Waals surface area contributed by atoms with Crippen molar-refractivity contribution < 1.29 is 0 Å². The van der Waals surface area contributed by atoms with Crippen molar-refractivity contribution in [1.82, 2.24) is 9.97 Å². The summed E-state index contributed by atoms with van der Waals surface area (Å²) in [6.07, 6.45) is 3.28. The Morgan fingerprint density at radius 3 is 2.75 bits per heavy atom. The molecule has 0 unspecified atom stereocenters. The molecule has 0 spiro atoms. The van der Waals surface area contributed by atoms with Crippen molar-refractivity contribution in [3.8, 4) is 0 Å². The molecule has 0 radical (unpaired) electrons. The molecule has 0 saturated heterocycles. The molecular weight excluding hydrogens is 222 g/mol. The molecule has 2 heterocycles. The molecule has 0 aromatic carbocycles. The molecule has 2 aromatic heterocycles. The lowest BCUT2D eigenvalue weighted by Crippen LogP contribution is -1.97. The molecule has 4 heteroatoms. The second-order valence-electron chi connectivity index (χ2n) is 3.28. The summed E-state index contributed by atoms with van der Waals surface area (Å²) in [5.74, 6) is 0.459. The van der Waals surface area contributed by atoms with Gasteiger partial charge in [0, 0.05) is 18.0 Å². The van der Waals surface area contributed by atoms with E-state index in [1.807, 2.05) is 18.2 Å². The molecule has 2 N–H and O–H groups in total. The number of nitrogen functional groups attached to an aromatic ring is 1. The van der Waals surface area contributed by atoms with E-state index in [0.29, 0.717) is 11.0 Å². The van der Waals surface area contributed by atoms with E-state index < -0.39 is 0 Å². The van der Waals surface area contributed by atoms with Crippen molar-refractivity contribution in [2.24, 2.45) is 0 Å². The predicted octanol–water partition coefficient (Wildman–Crippen LogP) is 2.77. The van der Waals surface area contributed by atoms with Gasteiger partial charge in [-0.15, -0.1) is 0 Å². The maximum Gasteiger partial charge on any atom is 0.131 e. The van der Waals surface area contributed by atoms with Crippen LogP contribution in [0.5, 0.6) is 0 Å². The number of rotatable bonds is 2. The lowest BCUT2D eigenvalue weighted by Gasteiger charge is -2.08. The summed E-state index contributed by atoms with van der Waals surface area (Å²) in [5, 5.41) is 0.432. The van der Waals surface area contributed by atoms with Crippen LogP contribution in [-0.2, 0) is 0 Å². The number of hydrogen-bond acceptors (Lipinski definition) is 3. The van der Waals surface area contributed by atoms with Gasteiger partial charge in [0.1, 0.15) is 11.0 Å². The molecule has 0 bridgehead atoms. The number of aromatic nitrogens is 2. The summed E-state index contributed by atoms with van der Waals surface area (Å²) in [6.45, 7) is 3.99. The largest absolute Gasteiger partial charge is 0.383 e. The van der Waals surface area contributed by atoms with Gasteiger partial charge in [0.05, 0.1) is 0 Å². The van der Waals surface area contributed by atoms with Gasteiger partial charge in [-0.3, -0.25) is 0 Å². The van der Waals surface area contributed by atoms with Gasteiger partial charge in [-0.2, -0.15) is 0 Å². The minimum atomic E-state index is 0.432. The third kappa shape index (κ3) is 2.04. The fraction of sp³-hybridized carbons (Fsp3) is 0. The number of nitrogens with zero attached hydrogens (tertiary/aromatic N) is 2. The first-order chi connectivity index (χ1) is 7.68. The maximum atomic E-state index is 5.82. The first-order valence-electron chi connectivity index (χ1n) is 4.70. The molecular formula is C12H10ClN3.